The summed E-state index contributed by atoms with van der Waals surface area (Å²) in [5.74, 6) is 0.151. The van der Waals surface area contributed by atoms with Gasteiger partial charge in [0.1, 0.15) is 5.75 Å². The summed E-state index contributed by atoms with van der Waals surface area (Å²) < 4.78 is 5.64. The zero-order valence-corrected chi connectivity index (χ0v) is 16.7. The van der Waals surface area contributed by atoms with E-state index in [1.165, 1.54) is 0 Å². The summed E-state index contributed by atoms with van der Waals surface area (Å²) in [5.41, 5.74) is 2.57. The Bertz CT molecular complexity index is 925. The summed E-state index contributed by atoms with van der Waals surface area (Å²) in [7, 11) is 0. The molecule has 0 heterocycles. The smallest absolute Gasteiger partial charge is 0.265 e. The van der Waals surface area contributed by atoms with Crippen molar-refractivity contribution in [3.63, 3.8) is 0 Å². The van der Waals surface area contributed by atoms with Crippen molar-refractivity contribution in [2.24, 2.45) is 0 Å². The van der Waals surface area contributed by atoms with Gasteiger partial charge in [-0.1, -0.05) is 12.8 Å². The minimum Gasteiger partial charge on any atom is -0.481 e. The molecule has 0 bridgehead atoms. The number of aryl methyl sites for hydroxylation is 1. The number of carbonyl (C=O) groups excluding carboxylic acids is 2. The van der Waals surface area contributed by atoms with E-state index >= 15 is 0 Å². The lowest BCUT2D eigenvalue weighted by atomic mass is 10.1. The standard InChI is InChI=1S/C23H25N3O3/c1-15-13-18(23(28)25-19-5-3-4-6-19)9-12-21(15)26-22(27)16(2)29-20-10-7-17(14-24)8-11-20/h7-13,16,19H,3-6H2,1-2H3,(H,25,28)(H,26,27). The molecule has 0 radical (unpaired) electrons. The molecule has 6 heteroatoms. The van der Waals surface area contributed by atoms with Crippen LogP contribution in [0.4, 0.5) is 5.69 Å². The predicted molar refractivity (Wildman–Crippen MR) is 111 cm³/mol. The van der Waals surface area contributed by atoms with Gasteiger partial charge in [0.2, 0.25) is 0 Å². The number of nitrogens with one attached hydrogen (secondary N) is 2. The maximum Gasteiger partial charge on any atom is 0.265 e. The summed E-state index contributed by atoms with van der Waals surface area (Å²) in [6, 6.07) is 14.1. The molecule has 0 spiro atoms. The molecule has 1 saturated carbocycles. The molecule has 1 aliphatic carbocycles. The van der Waals surface area contributed by atoms with Gasteiger partial charge in [0, 0.05) is 17.3 Å². The van der Waals surface area contributed by atoms with Crippen molar-refractivity contribution in [1.82, 2.24) is 5.32 Å². The average molecular weight is 391 g/mol. The van der Waals surface area contributed by atoms with Crippen LogP contribution < -0.4 is 15.4 Å². The van der Waals surface area contributed by atoms with Gasteiger partial charge in [-0.25, -0.2) is 0 Å². The minimum absolute atomic E-state index is 0.0737. The van der Waals surface area contributed by atoms with Gasteiger partial charge in [-0.2, -0.15) is 5.26 Å². The van der Waals surface area contributed by atoms with Crippen molar-refractivity contribution >= 4 is 17.5 Å². The lowest BCUT2D eigenvalue weighted by Gasteiger charge is -2.17. The number of nitrogens with zero attached hydrogens (tertiary/aromatic N) is 1. The molecule has 1 unspecified atom stereocenters. The third-order valence-corrected chi connectivity index (χ3v) is 5.10. The van der Waals surface area contributed by atoms with Gasteiger partial charge >= 0.3 is 0 Å². The fourth-order valence-corrected chi connectivity index (χ4v) is 3.38. The fourth-order valence-electron chi connectivity index (χ4n) is 3.38. The number of benzene rings is 2. The summed E-state index contributed by atoms with van der Waals surface area (Å²) in [4.78, 5) is 24.9. The van der Waals surface area contributed by atoms with Crippen LogP contribution in [-0.4, -0.2) is 24.0 Å². The fraction of sp³-hybridized carbons (Fsp3) is 0.348. The SMILES string of the molecule is Cc1cc(C(=O)NC2CCCC2)ccc1NC(=O)C(C)Oc1ccc(C#N)cc1. The maximum absolute atomic E-state index is 12.5. The molecule has 0 aliphatic heterocycles. The largest absolute Gasteiger partial charge is 0.481 e. The van der Waals surface area contributed by atoms with E-state index in [0.717, 1.165) is 31.2 Å². The van der Waals surface area contributed by atoms with Crippen LogP contribution in [0.1, 0.15) is 54.1 Å². The van der Waals surface area contributed by atoms with Gasteiger partial charge < -0.3 is 15.4 Å². The third-order valence-electron chi connectivity index (χ3n) is 5.10. The van der Waals surface area contributed by atoms with Gasteiger partial charge in [-0.3, -0.25) is 9.59 Å². The number of amides is 2. The highest BCUT2D eigenvalue weighted by molar-refractivity contribution is 5.97. The number of hydrogen-bond acceptors (Lipinski definition) is 4. The third kappa shape index (κ3) is 5.35. The van der Waals surface area contributed by atoms with Gasteiger partial charge in [0.25, 0.3) is 11.8 Å². The Kier molecular flexibility index (Phi) is 6.50. The molecule has 1 atom stereocenters. The normalized spacial score (nSPS) is 14.7. The minimum atomic E-state index is -0.715. The van der Waals surface area contributed by atoms with Crippen LogP contribution in [0.3, 0.4) is 0 Å². The first-order chi connectivity index (χ1) is 14.0. The highest BCUT2D eigenvalue weighted by Crippen LogP contribution is 2.21. The second-order valence-electron chi connectivity index (χ2n) is 7.37. The highest BCUT2D eigenvalue weighted by atomic mass is 16.5. The summed E-state index contributed by atoms with van der Waals surface area (Å²) in [6.07, 6.45) is 3.69. The van der Waals surface area contributed by atoms with E-state index in [-0.39, 0.29) is 17.9 Å². The number of nitriles is 1. The van der Waals surface area contributed by atoms with E-state index in [9.17, 15) is 9.59 Å². The Morgan fingerprint density at radius 2 is 1.83 bits per heavy atom. The highest BCUT2D eigenvalue weighted by Gasteiger charge is 2.19. The summed E-state index contributed by atoms with van der Waals surface area (Å²) in [6.45, 7) is 3.51. The number of anilines is 1. The van der Waals surface area contributed by atoms with E-state index in [4.69, 9.17) is 10.00 Å². The molecule has 0 aromatic heterocycles. The monoisotopic (exact) mass is 391 g/mol. The Morgan fingerprint density at radius 3 is 2.45 bits per heavy atom. The van der Waals surface area contributed by atoms with Crippen LogP contribution in [0, 0.1) is 18.3 Å². The molecule has 29 heavy (non-hydrogen) atoms. The van der Waals surface area contributed by atoms with Crippen LogP contribution in [-0.2, 0) is 4.79 Å². The van der Waals surface area contributed by atoms with Crippen LogP contribution >= 0.6 is 0 Å². The van der Waals surface area contributed by atoms with Crippen LogP contribution in [0.5, 0.6) is 5.75 Å². The number of hydrogen-bond donors (Lipinski definition) is 2. The molecular weight excluding hydrogens is 366 g/mol. The number of rotatable bonds is 6. The molecule has 150 valence electrons. The molecule has 2 aromatic rings. The van der Waals surface area contributed by atoms with Crippen molar-refractivity contribution in [3.8, 4) is 11.8 Å². The molecule has 3 rings (SSSR count). The zero-order valence-electron chi connectivity index (χ0n) is 16.7. The number of ether oxygens (including phenoxy) is 1. The molecule has 2 aromatic carbocycles. The molecule has 1 aliphatic rings. The van der Waals surface area contributed by atoms with E-state index < -0.39 is 6.10 Å². The Balaban J connectivity index is 1.59. The molecule has 6 nitrogen and oxygen atoms in total. The Hall–Kier alpha value is -3.33. The molecule has 2 amide bonds. The second kappa shape index (κ2) is 9.24. The molecule has 2 N–H and O–H groups in total. The average Bonchev–Trinajstić information content (AvgIpc) is 3.23. The van der Waals surface area contributed by atoms with Crippen molar-refractivity contribution in [1.29, 1.82) is 5.26 Å². The summed E-state index contributed by atoms with van der Waals surface area (Å²) >= 11 is 0. The molecule has 1 fully saturated rings. The predicted octanol–water partition coefficient (Wildman–Crippen LogP) is 3.95. The summed E-state index contributed by atoms with van der Waals surface area (Å²) in [5, 5.41) is 14.7. The van der Waals surface area contributed by atoms with Crippen LogP contribution in [0.2, 0.25) is 0 Å². The van der Waals surface area contributed by atoms with E-state index in [2.05, 4.69) is 10.6 Å². The van der Waals surface area contributed by atoms with E-state index in [1.807, 2.05) is 13.0 Å². The quantitative estimate of drug-likeness (QED) is 0.780. The topological polar surface area (TPSA) is 91.2 Å². The first-order valence-corrected chi connectivity index (χ1v) is 9.85. The Morgan fingerprint density at radius 1 is 1.14 bits per heavy atom. The Labute approximate surface area is 170 Å². The van der Waals surface area contributed by atoms with Crippen molar-refractivity contribution in [2.45, 2.75) is 51.7 Å². The molecule has 0 saturated heterocycles. The zero-order chi connectivity index (χ0) is 20.8. The van der Waals surface area contributed by atoms with Gasteiger partial charge in [0.05, 0.1) is 11.6 Å². The van der Waals surface area contributed by atoms with Gasteiger partial charge in [-0.15, -0.1) is 0 Å². The van der Waals surface area contributed by atoms with Crippen molar-refractivity contribution in [2.75, 3.05) is 5.32 Å². The number of carbonyl (C=O) groups is 2. The lowest BCUT2D eigenvalue weighted by Crippen LogP contribution is -2.32. The van der Waals surface area contributed by atoms with Crippen LogP contribution in [0.15, 0.2) is 42.5 Å². The first-order valence-electron chi connectivity index (χ1n) is 9.85. The van der Waals surface area contributed by atoms with Crippen LogP contribution in [0.25, 0.3) is 0 Å². The second-order valence-corrected chi connectivity index (χ2v) is 7.37. The van der Waals surface area contributed by atoms with E-state index in [1.54, 1.807) is 49.4 Å². The molecular formula is C23H25N3O3. The first kappa shape index (κ1) is 20.4. The maximum atomic E-state index is 12.5. The van der Waals surface area contributed by atoms with Gasteiger partial charge in [-0.05, 0) is 74.7 Å². The van der Waals surface area contributed by atoms with Crippen molar-refractivity contribution in [3.05, 3.63) is 59.2 Å². The van der Waals surface area contributed by atoms with Crippen molar-refractivity contribution < 1.29 is 14.3 Å². The van der Waals surface area contributed by atoms with E-state index in [0.29, 0.717) is 22.6 Å². The lowest BCUT2D eigenvalue weighted by molar-refractivity contribution is -0.122. The van der Waals surface area contributed by atoms with Gasteiger partial charge in [0.15, 0.2) is 6.10 Å².